The van der Waals surface area contributed by atoms with Crippen LogP contribution < -0.4 is 10.2 Å². The standard InChI is InChI=1S/C20H20F3N5OS2/c21-20(22,23)13-5-7-14(8-6-13)26-15(29)11-30-18-16-17(24-12-25-18)27-19(31-16)28-9-3-1-2-4-10-28/h5-8,12H,1-4,9-11H2,(H,26,29). The van der Waals surface area contributed by atoms with E-state index in [2.05, 4.69) is 25.2 Å². The van der Waals surface area contributed by atoms with E-state index in [1.807, 2.05) is 0 Å². The number of thiazole rings is 1. The fourth-order valence-corrected chi connectivity index (χ4v) is 5.24. The molecule has 3 heterocycles. The minimum absolute atomic E-state index is 0.0735. The third-order valence-electron chi connectivity index (χ3n) is 4.86. The smallest absolute Gasteiger partial charge is 0.348 e. The van der Waals surface area contributed by atoms with Gasteiger partial charge in [-0.05, 0) is 37.1 Å². The molecule has 0 saturated carbocycles. The minimum atomic E-state index is -4.41. The van der Waals surface area contributed by atoms with Crippen LogP contribution in [0.3, 0.4) is 0 Å². The summed E-state index contributed by atoms with van der Waals surface area (Å²) < 4.78 is 38.8. The Morgan fingerprint density at radius 3 is 2.48 bits per heavy atom. The van der Waals surface area contributed by atoms with E-state index in [0.717, 1.165) is 47.9 Å². The summed E-state index contributed by atoms with van der Waals surface area (Å²) in [6.45, 7) is 1.95. The largest absolute Gasteiger partial charge is 0.416 e. The van der Waals surface area contributed by atoms with Gasteiger partial charge in [-0.25, -0.2) is 9.97 Å². The molecule has 31 heavy (non-hydrogen) atoms. The molecule has 2 aromatic heterocycles. The summed E-state index contributed by atoms with van der Waals surface area (Å²) >= 11 is 2.79. The zero-order valence-electron chi connectivity index (χ0n) is 16.5. The van der Waals surface area contributed by atoms with E-state index < -0.39 is 11.7 Å². The van der Waals surface area contributed by atoms with Crippen LogP contribution in [0.15, 0.2) is 35.6 Å². The van der Waals surface area contributed by atoms with Gasteiger partial charge in [0.2, 0.25) is 5.91 Å². The predicted molar refractivity (Wildman–Crippen MR) is 117 cm³/mol. The number of carbonyl (C=O) groups excluding carboxylic acids is 1. The number of rotatable bonds is 5. The fraction of sp³-hybridized carbons (Fsp3) is 0.400. The van der Waals surface area contributed by atoms with Gasteiger partial charge >= 0.3 is 6.18 Å². The van der Waals surface area contributed by atoms with E-state index in [1.54, 1.807) is 0 Å². The zero-order chi connectivity index (χ0) is 21.8. The molecule has 1 aliphatic rings. The first-order chi connectivity index (χ1) is 14.9. The Balaban J connectivity index is 1.40. The van der Waals surface area contributed by atoms with Crippen molar-refractivity contribution in [3.63, 3.8) is 0 Å². The SMILES string of the molecule is O=C(CSc1ncnc2nc(N3CCCCCC3)sc12)Nc1ccc(C(F)(F)F)cc1. The minimum Gasteiger partial charge on any atom is -0.348 e. The Morgan fingerprint density at radius 1 is 1.10 bits per heavy atom. The van der Waals surface area contributed by atoms with Gasteiger partial charge in [-0.2, -0.15) is 18.2 Å². The van der Waals surface area contributed by atoms with Crippen molar-refractivity contribution in [3.05, 3.63) is 36.2 Å². The molecular weight excluding hydrogens is 447 g/mol. The highest BCUT2D eigenvalue weighted by Gasteiger charge is 2.30. The third kappa shape index (κ3) is 5.45. The number of aromatic nitrogens is 3. The van der Waals surface area contributed by atoms with Crippen LogP contribution in [0.5, 0.6) is 0 Å². The maximum atomic E-state index is 12.6. The molecule has 1 saturated heterocycles. The number of anilines is 2. The number of amides is 1. The van der Waals surface area contributed by atoms with Crippen LogP contribution in [0.4, 0.5) is 24.0 Å². The lowest BCUT2D eigenvalue weighted by Gasteiger charge is -2.18. The molecule has 11 heteroatoms. The van der Waals surface area contributed by atoms with Gasteiger partial charge in [0.1, 0.15) is 16.1 Å². The monoisotopic (exact) mass is 467 g/mol. The Labute approximate surface area is 185 Å². The topological polar surface area (TPSA) is 71.0 Å². The molecule has 0 atom stereocenters. The Hall–Kier alpha value is -2.40. The van der Waals surface area contributed by atoms with Crippen molar-refractivity contribution >= 4 is 50.2 Å². The molecule has 0 radical (unpaired) electrons. The molecule has 0 aliphatic carbocycles. The summed E-state index contributed by atoms with van der Waals surface area (Å²) in [6, 6.07) is 4.37. The molecule has 0 spiro atoms. The van der Waals surface area contributed by atoms with E-state index in [9.17, 15) is 18.0 Å². The van der Waals surface area contributed by atoms with Crippen molar-refractivity contribution in [2.24, 2.45) is 0 Å². The highest BCUT2D eigenvalue weighted by Crippen LogP contribution is 2.34. The van der Waals surface area contributed by atoms with Crippen LogP contribution in [0, 0.1) is 0 Å². The summed E-state index contributed by atoms with van der Waals surface area (Å²) in [5, 5.41) is 4.21. The van der Waals surface area contributed by atoms with Crippen molar-refractivity contribution in [2.75, 3.05) is 29.1 Å². The molecule has 1 aromatic carbocycles. The molecule has 4 rings (SSSR count). The number of alkyl halides is 3. The number of benzene rings is 1. The van der Waals surface area contributed by atoms with E-state index >= 15 is 0 Å². The van der Waals surface area contributed by atoms with E-state index in [-0.39, 0.29) is 11.7 Å². The van der Waals surface area contributed by atoms with Gasteiger partial charge in [-0.15, -0.1) is 0 Å². The molecule has 1 aliphatic heterocycles. The maximum absolute atomic E-state index is 12.6. The molecule has 6 nitrogen and oxygen atoms in total. The van der Waals surface area contributed by atoms with Crippen molar-refractivity contribution in [2.45, 2.75) is 36.9 Å². The Morgan fingerprint density at radius 2 is 1.81 bits per heavy atom. The molecule has 164 valence electrons. The van der Waals surface area contributed by atoms with Crippen LogP contribution in [-0.4, -0.2) is 39.7 Å². The number of carbonyl (C=O) groups is 1. The normalized spacial score (nSPS) is 15.1. The van der Waals surface area contributed by atoms with Crippen molar-refractivity contribution in [3.8, 4) is 0 Å². The second-order valence-corrected chi connectivity index (χ2v) is 9.08. The summed E-state index contributed by atoms with van der Waals surface area (Å²) in [5.74, 6) is -0.252. The number of hydrogen-bond donors (Lipinski definition) is 1. The summed E-state index contributed by atoms with van der Waals surface area (Å²) in [4.78, 5) is 27.8. The van der Waals surface area contributed by atoms with Gasteiger partial charge in [0.05, 0.1) is 11.3 Å². The van der Waals surface area contributed by atoms with Gasteiger partial charge < -0.3 is 10.2 Å². The number of halogens is 3. The molecule has 0 unspecified atom stereocenters. The first kappa shape index (κ1) is 21.8. The molecule has 3 aromatic rings. The lowest BCUT2D eigenvalue weighted by molar-refractivity contribution is -0.137. The lowest BCUT2D eigenvalue weighted by Crippen LogP contribution is -2.23. The molecule has 0 bridgehead atoms. The molecular formula is C20H20F3N5OS2. The summed E-state index contributed by atoms with van der Waals surface area (Å²) in [5.41, 5.74) is 0.172. The second-order valence-electron chi connectivity index (χ2n) is 7.14. The Kier molecular flexibility index (Phi) is 6.61. The maximum Gasteiger partial charge on any atom is 0.416 e. The van der Waals surface area contributed by atoms with Crippen molar-refractivity contribution in [1.82, 2.24) is 15.0 Å². The van der Waals surface area contributed by atoms with E-state index in [0.29, 0.717) is 16.4 Å². The predicted octanol–water partition coefficient (Wildman–Crippen LogP) is 5.22. The highest BCUT2D eigenvalue weighted by atomic mass is 32.2. The quantitative estimate of drug-likeness (QED) is 0.410. The van der Waals surface area contributed by atoms with E-state index in [4.69, 9.17) is 0 Å². The van der Waals surface area contributed by atoms with Gasteiger partial charge in [0.25, 0.3) is 0 Å². The van der Waals surface area contributed by atoms with Crippen LogP contribution in [0.2, 0.25) is 0 Å². The zero-order valence-corrected chi connectivity index (χ0v) is 18.1. The van der Waals surface area contributed by atoms with Crippen LogP contribution in [0.1, 0.15) is 31.2 Å². The first-order valence-corrected chi connectivity index (χ1v) is 11.7. The number of hydrogen-bond acceptors (Lipinski definition) is 7. The summed E-state index contributed by atoms with van der Waals surface area (Å²) in [6.07, 6.45) is 1.79. The number of fused-ring (bicyclic) bond motifs is 1. The first-order valence-electron chi connectivity index (χ1n) is 9.86. The van der Waals surface area contributed by atoms with Crippen LogP contribution >= 0.6 is 23.1 Å². The number of thioether (sulfide) groups is 1. The van der Waals surface area contributed by atoms with Crippen molar-refractivity contribution in [1.29, 1.82) is 0 Å². The average Bonchev–Trinajstić information content (AvgIpc) is 2.99. The third-order valence-corrected chi connectivity index (χ3v) is 7.09. The Bertz CT molecular complexity index is 1050. The van der Waals surface area contributed by atoms with Gasteiger partial charge in [-0.1, -0.05) is 35.9 Å². The van der Waals surface area contributed by atoms with Crippen molar-refractivity contribution < 1.29 is 18.0 Å². The van der Waals surface area contributed by atoms with Crippen LogP contribution in [0.25, 0.3) is 10.3 Å². The lowest BCUT2D eigenvalue weighted by atomic mass is 10.2. The van der Waals surface area contributed by atoms with Gasteiger partial charge in [0, 0.05) is 18.8 Å². The summed E-state index contributed by atoms with van der Waals surface area (Å²) in [7, 11) is 0. The van der Waals surface area contributed by atoms with Gasteiger partial charge in [-0.3, -0.25) is 4.79 Å². The van der Waals surface area contributed by atoms with Crippen LogP contribution in [-0.2, 0) is 11.0 Å². The molecule has 1 amide bonds. The number of nitrogens with one attached hydrogen (secondary N) is 1. The highest BCUT2D eigenvalue weighted by molar-refractivity contribution is 8.00. The fourth-order valence-electron chi connectivity index (χ4n) is 3.30. The molecule has 1 fully saturated rings. The van der Waals surface area contributed by atoms with Gasteiger partial charge in [0.15, 0.2) is 10.8 Å². The molecule has 1 N–H and O–H groups in total. The number of nitrogens with zero attached hydrogens (tertiary/aromatic N) is 4. The average molecular weight is 468 g/mol. The second kappa shape index (κ2) is 9.39. The van der Waals surface area contributed by atoms with E-state index in [1.165, 1.54) is 54.4 Å².